The zero-order valence-corrected chi connectivity index (χ0v) is 19.2. The minimum atomic E-state index is -3.09. The third-order valence-corrected chi connectivity index (χ3v) is 8.37. The van der Waals surface area contributed by atoms with Crippen molar-refractivity contribution in [2.45, 2.75) is 45.1 Å². The molecule has 0 spiro atoms. The van der Waals surface area contributed by atoms with E-state index >= 15 is 0 Å². The van der Waals surface area contributed by atoms with E-state index in [1.807, 2.05) is 17.9 Å². The first kappa shape index (κ1) is 22.2. The highest BCUT2D eigenvalue weighted by Gasteiger charge is 2.33. The standard InChI is InChI=1S/C22H33N5O3S/c1-15-11-16(12-19-14-24-25-21(15)19)13-20(23)22(28)26-7-3-17(4-8-26)18-5-9-27(10-6-18)31(2,29)30/h11-12,14,17-18,20H,3-10,13,23H2,1-2H3,(H,24,25). The summed E-state index contributed by atoms with van der Waals surface area (Å²) in [5, 5.41) is 8.12. The number of carbonyl (C=O) groups is 1. The molecule has 4 rings (SSSR count). The maximum Gasteiger partial charge on any atom is 0.239 e. The molecule has 1 aromatic carbocycles. The number of nitrogens with zero attached hydrogens (tertiary/aromatic N) is 3. The SMILES string of the molecule is Cc1cc(CC(N)C(=O)N2CCC(C3CCN(S(C)(=O)=O)CC3)CC2)cc2cn[nH]c12. The van der Waals surface area contributed by atoms with Gasteiger partial charge < -0.3 is 10.6 Å². The van der Waals surface area contributed by atoms with Gasteiger partial charge in [-0.05, 0) is 68.1 Å². The van der Waals surface area contributed by atoms with Crippen LogP contribution in [0.25, 0.3) is 10.9 Å². The number of amides is 1. The Labute approximate surface area is 184 Å². The van der Waals surface area contributed by atoms with E-state index < -0.39 is 16.1 Å². The van der Waals surface area contributed by atoms with Crippen molar-refractivity contribution < 1.29 is 13.2 Å². The van der Waals surface area contributed by atoms with Gasteiger partial charge in [-0.15, -0.1) is 0 Å². The second-order valence-electron chi connectivity index (χ2n) is 9.22. The molecule has 2 aromatic rings. The minimum Gasteiger partial charge on any atom is -0.341 e. The van der Waals surface area contributed by atoms with Crippen LogP contribution in [0, 0.1) is 18.8 Å². The number of aromatic nitrogens is 2. The molecule has 2 fully saturated rings. The summed E-state index contributed by atoms with van der Waals surface area (Å²) in [6.45, 7) is 4.75. The molecule has 31 heavy (non-hydrogen) atoms. The number of likely N-dealkylation sites (tertiary alicyclic amines) is 1. The fraction of sp³-hybridized carbons (Fsp3) is 0.636. The van der Waals surface area contributed by atoms with Gasteiger partial charge in [-0.1, -0.05) is 6.07 Å². The summed E-state index contributed by atoms with van der Waals surface area (Å²) in [4.78, 5) is 14.9. The number of fused-ring (bicyclic) bond motifs is 1. The summed E-state index contributed by atoms with van der Waals surface area (Å²) < 4.78 is 25.0. The first-order chi connectivity index (χ1) is 14.7. The summed E-state index contributed by atoms with van der Waals surface area (Å²) >= 11 is 0. The molecule has 0 saturated carbocycles. The number of hydrogen-bond donors (Lipinski definition) is 2. The van der Waals surface area contributed by atoms with E-state index in [-0.39, 0.29) is 5.91 Å². The van der Waals surface area contributed by atoms with E-state index in [1.54, 1.807) is 10.5 Å². The highest BCUT2D eigenvalue weighted by molar-refractivity contribution is 7.88. The van der Waals surface area contributed by atoms with Gasteiger partial charge in [0.15, 0.2) is 0 Å². The third kappa shape index (κ3) is 4.94. The largest absolute Gasteiger partial charge is 0.341 e. The number of piperidine rings is 2. The Morgan fingerprint density at radius 2 is 1.77 bits per heavy atom. The van der Waals surface area contributed by atoms with Crippen LogP contribution < -0.4 is 5.73 Å². The lowest BCUT2D eigenvalue weighted by atomic mass is 9.79. The molecule has 1 aromatic heterocycles. The Morgan fingerprint density at radius 3 is 2.39 bits per heavy atom. The van der Waals surface area contributed by atoms with E-state index in [2.05, 4.69) is 16.3 Å². The third-order valence-electron chi connectivity index (χ3n) is 7.06. The van der Waals surface area contributed by atoms with Gasteiger partial charge in [-0.3, -0.25) is 9.89 Å². The van der Waals surface area contributed by atoms with Crippen molar-refractivity contribution in [3.05, 3.63) is 29.5 Å². The number of aryl methyl sites for hydroxylation is 1. The lowest BCUT2D eigenvalue weighted by Gasteiger charge is -2.40. The molecule has 0 bridgehead atoms. The number of benzene rings is 1. The molecule has 2 saturated heterocycles. The van der Waals surface area contributed by atoms with Crippen LogP contribution in [-0.4, -0.2) is 72.2 Å². The van der Waals surface area contributed by atoms with Crippen molar-refractivity contribution in [1.82, 2.24) is 19.4 Å². The smallest absolute Gasteiger partial charge is 0.239 e. The molecule has 1 unspecified atom stereocenters. The number of aromatic amines is 1. The van der Waals surface area contributed by atoms with E-state index in [1.165, 1.54) is 6.26 Å². The highest BCUT2D eigenvalue weighted by atomic mass is 32.2. The topological polar surface area (TPSA) is 112 Å². The molecule has 3 heterocycles. The summed E-state index contributed by atoms with van der Waals surface area (Å²) in [5.74, 6) is 1.14. The molecular weight excluding hydrogens is 414 g/mol. The van der Waals surface area contributed by atoms with Crippen LogP contribution in [0.4, 0.5) is 0 Å². The van der Waals surface area contributed by atoms with Crippen molar-refractivity contribution >= 4 is 26.8 Å². The number of rotatable bonds is 5. The Morgan fingerprint density at radius 1 is 1.16 bits per heavy atom. The van der Waals surface area contributed by atoms with E-state index in [0.717, 1.165) is 60.8 Å². The lowest BCUT2D eigenvalue weighted by molar-refractivity contribution is -0.134. The number of carbonyl (C=O) groups excluding carboxylic acids is 1. The second-order valence-corrected chi connectivity index (χ2v) is 11.2. The molecular formula is C22H33N5O3S. The maximum absolute atomic E-state index is 12.9. The van der Waals surface area contributed by atoms with Crippen molar-refractivity contribution in [3.8, 4) is 0 Å². The number of nitrogens with one attached hydrogen (secondary N) is 1. The molecule has 1 amide bonds. The molecule has 0 aliphatic carbocycles. The molecule has 0 radical (unpaired) electrons. The van der Waals surface area contributed by atoms with Crippen LogP contribution in [0.15, 0.2) is 18.3 Å². The first-order valence-electron chi connectivity index (χ1n) is 11.1. The second kappa shape index (κ2) is 8.88. The van der Waals surface area contributed by atoms with E-state index in [9.17, 15) is 13.2 Å². The summed E-state index contributed by atoms with van der Waals surface area (Å²) in [5.41, 5.74) is 9.49. The first-order valence-corrected chi connectivity index (χ1v) is 13.0. The molecule has 9 heteroatoms. The van der Waals surface area contributed by atoms with Crippen LogP contribution in [0.5, 0.6) is 0 Å². The summed E-state index contributed by atoms with van der Waals surface area (Å²) in [6, 6.07) is 3.58. The van der Waals surface area contributed by atoms with E-state index in [4.69, 9.17) is 5.73 Å². The fourth-order valence-corrected chi connectivity index (χ4v) is 6.15. The van der Waals surface area contributed by atoms with Crippen LogP contribution in [0.3, 0.4) is 0 Å². The van der Waals surface area contributed by atoms with Crippen molar-refractivity contribution in [2.75, 3.05) is 32.4 Å². The van der Waals surface area contributed by atoms with Crippen LogP contribution >= 0.6 is 0 Å². The van der Waals surface area contributed by atoms with Crippen molar-refractivity contribution in [1.29, 1.82) is 0 Å². The van der Waals surface area contributed by atoms with Crippen LogP contribution in [0.2, 0.25) is 0 Å². The minimum absolute atomic E-state index is 0.0234. The van der Waals surface area contributed by atoms with Gasteiger partial charge in [0.25, 0.3) is 0 Å². The van der Waals surface area contributed by atoms with Gasteiger partial charge >= 0.3 is 0 Å². The summed E-state index contributed by atoms with van der Waals surface area (Å²) in [7, 11) is -3.09. The molecule has 170 valence electrons. The number of H-pyrrole nitrogens is 1. The monoisotopic (exact) mass is 447 g/mol. The van der Waals surface area contributed by atoms with Gasteiger partial charge in [0.2, 0.25) is 15.9 Å². The van der Waals surface area contributed by atoms with Gasteiger partial charge in [-0.2, -0.15) is 5.10 Å². The summed E-state index contributed by atoms with van der Waals surface area (Å²) in [6.07, 6.45) is 7.39. The Bertz CT molecular complexity index is 1030. The average Bonchev–Trinajstić information content (AvgIpc) is 3.22. The Kier molecular flexibility index (Phi) is 6.37. The molecule has 8 nitrogen and oxygen atoms in total. The number of sulfonamides is 1. The number of hydrogen-bond acceptors (Lipinski definition) is 5. The predicted molar refractivity (Wildman–Crippen MR) is 121 cm³/mol. The van der Waals surface area contributed by atoms with Gasteiger partial charge in [0, 0.05) is 31.6 Å². The van der Waals surface area contributed by atoms with Crippen molar-refractivity contribution in [3.63, 3.8) is 0 Å². The quantitative estimate of drug-likeness (QED) is 0.724. The van der Waals surface area contributed by atoms with Gasteiger partial charge in [-0.25, -0.2) is 12.7 Å². The Balaban J connectivity index is 1.28. The van der Waals surface area contributed by atoms with Crippen LogP contribution in [0.1, 0.15) is 36.8 Å². The lowest BCUT2D eigenvalue weighted by Crippen LogP contribution is -2.49. The predicted octanol–water partition coefficient (Wildman–Crippen LogP) is 1.65. The average molecular weight is 448 g/mol. The zero-order chi connectivity index (χ0) is 22.2. The highest BCUT2D eigenvalue weighted by Crippen LogP contribution is 2.33. The normalized spacial score (nSPS) is 20.9. The van der Waals surface area contributed by atoms with E-state index in [0.29, 0.717) is 31.3 Å². The van der Waals surface area contributed by atoms with Crippen LogP contribution in [-0.2, 0) is 21.2 Å². The molecule has 2 aliphatic rings. The molecule has 3 N–H and O–H groups in total. The van der Waals surface area contributed by atoms with Gasteiger partial charge in [0.05, 0.1) is 24.0 Å². The zero-order valence-electron chi connectivity index (χ0n) is 18.4. The van der Waals surface area contributed by atoms with Gasteiger partial charge in [0.1, 0.15) is 0 Å². The molecule has 1 atom stereocenters. The van der Waals surface area contributed by atoms with Crippen molar-refractivity contribution in [2.24, 2.45) is 17.6 Å². The Hall–Kier alpha value is -1.97. The maximum atomic E-state index is 12.9. The number of nitrogens with two attached hydrogens (primary N) is 1. The fourth-order valence-electron chi connectivity index (χ4n) is 5.28. The molecule has 2 aliphatic heterocycles.